The number of hydrogen-bond donors (Lipinski definition) is 2. The molecule has 1 aliphatic carbocycles. The number of nitrogens with zero attached hydrogens (tertiary/aromatic N) is 1. The Morgan fingerprint density at radius 3 is 2.80 bits per heavy atom. The number of nitrogens with two attached hydrogens (primary N) is 2. The number of amides is 1. The molecule has 0 aliphatic heterocycles. The van der Waals surface area contributed by atoms with Gasteiger partial charge in [-0.1, -0.05) is 11.6 Å². The van der Waals surface area contributed by atoms with Gasteiger partial charge in [0.2, 0.25) is 5.91 Å². The number of hydrogen-bond acceptors (Lipinski definition) is 5. The lowest BCUT2D eigenvalue weighted by Gasteiger charge is -2.19. The van der Waals surface area contributed by atoms with Gasteiger partial charge in [0.1, 0.15) is 6.10 Å². The number of rotatable bonds is 4. The van der Waals surface area contributed by atoms with Crippen LogP contribution >= 0.6 is 11.6 Å². The largest absolute Gasteiger partial charge is 0.483 e. The zero-order valence-electron chi connectivity index (χ0n) is 10.5. The molecule has 0 heterocycles. The van der Waals surface area contributed by atoms with Crippen molar-refractivity contribution in [3.63, 3.8) is 0 Å². The zero-order chi connectivity index (χ0) is 14.9. The Bertz CT molecular complexity index is 566. The van der Waals surface area contributed by atoms with Crippen LogP contribution in [0.4, 0.5) is 5.69 Å². The van der Waals surface area contributed by atoms with Gasteiger partial charge in [-0.15, -0.1) is 0 Å². The van der Waals surface area contributed by atoms with Crippen molar-refractivity contribution < 1.29 is 14.5 Å². The van der Waals surface area contributed by atoms with Crippen LogP contribution in [0.15, 0.2) is 18.2 Å². The van der Waals surface area contributed by atoms with E-state index in [1.807, 2.05) is 0 Å². The molecule has 4 N–H and O–H groups in total. The van der Waals surface area contributed by atoms with E-state index in [1.54, 1.807) is 0 Å². The van der Waals surface area contributed by atoms with Crippen molar-refractivity contribution in [2.75, 3.05) is 0 Å². The average Bonchev–Trinajstić information content (AvgIpc) is 2.72. The SMILES string of the molecule is NC(=O)C1(N)CCC(Oc2cc(Cl)ccc2[N+](=O)[O-])C1. The highest BCUT2D eigenvalue weighted by molar-refractivity contribution is 6.30. The Hall–Kier alpha value is -1.86. The molecule has 7 nitrogen and oxygen atoms in total. The van der Waals surface area contributed by atoms with Gasteiger partial charge in [-0.2, -0.15) is 0 Å². The molecule has 108 valence electrons. The zero-order valence-corrected chi connectivity index (χ0v) is 11.3. The van der Waals surface area contributed by atoms with Crippen molar-refractivity contribution in [1.82, 2.24) is 0 Å². The van der Waals surface area contributed by atoms with Gasteiger partial charge >= 0.3 is 5.69 Å². The second-order valence-electron chi connectivity index (χ2n) is 4.87. The third-order valence-corrected chi connectivity index (χ3v) is 3.64. The number of halogens is 1. The van der Waals surface area contributed by atoms with Gasteiger partial charge in [0, 0.05) is 23.6 Å². The van der Waals surface area contributed by atoms with Crippen LogP contribution in [0.25, 0.3) is 0 Å². The maximum absolute atomic E-state index is 11.3. The molecule has 20 heavy (non-hydrogen) atoms. The summed E-state index contributed by atoms with van der Waals surface area (Å²) in [5.74, 6) is -0.523. The number of nitro benzene ring substituents is 1. The summed E-state index contributed by atoms with van der Waals surface area (Å²) in [6.45, 7) is 0. The predicted molar refractivity (Wildman–Crippen MR) is 72.5 cm³/mol. The molecule has 1 aromatic carbocycles. The summed E-state index contributed by atoms with van der Waals surface area (Å²) in [5, 5.41) is 11.3. The highest BCUT2D eigenvalue weighted by Crippen LogP contribution is 2.35. The molecule has 1 fully saturated rings. The predicted octanol–water partition coefficient (Wildman–Crippen LogP) is 1.36. The second-order valence-corrected chi connectivity index (χ2v) is 5.31. The summed E-state index contributed by atoms with van der Waals surface area (Å²) in [5.41, 5.74) is 9.81. The number of benzene rings is 1. The van der Waals surface area contributed by atoms with E-state index in [2.05, 4.69) is 0 Å². The van der Waals surface area contributed by atoms with Crippen molar-refractivity contribution in [1.29, 1.82) is 0 Å². The molecule has 1 aliphatic rings. The Labute approximate surface area is 120 Å². The number of carbonyl (C=O) groups excluding carboxylic acids is 1. The fourth-order valence-corrected chi connectivity index (χ4v) is 2.43. The smallest absolute Gasteiger partial charge is 0.311 e. The fourth-order valence-electron chi connectivity index (χ4n) is 2.27. The molecular weight excluding hydrogens is 286 g/mol. The molecule has 0 bridgehead atoms. The molecule has 0 radical (unpaired) electrons. The quantitative estimate of drug-likeness (QED) is 0.642. The van der Waals surface area contributed by atoms with E-state index in [0.717, 1.165) is 0 Å². The molecule has 1 amide bonds. The lowest BCUT2D eigenvalue weighted by Crippen LogP contribution is -2.50. The molecule has 1 aromatic rings. The summed E-state index contributed by atoms with van der Waals surface area (Å²) in [6, 6.07) is 4.06. The van der Waals surface area contributed by atoms with E-state index >= 15 is 0 Å². The summed E-state index contributed by atoms with van der Waals surface area (Å²) in [6.07, 6.45) is 0.723. The third kappa shape index (κ3) is 2.83. The number of carbonyl (C=O) groups is 1. The Morgan fingerprint density at radius 2 is 2.25 bits per heavy atom. The Kier molecular flexibility index (Phi) is 3.82. The van der Waals surface area contributed by atoms with Gasteiger partial charge in [0.25, 0.3) is 0 Å². The van der Waals surface area contributed by atoms with Gasteiger partial charge in [-0.05, 0) is 18.9 Å². The summed E-state index contributed by atoms with van der Waals surface area (Å²) in [7, 11) is 0. The van der Waals surface area contributed by atoms with Crippen LogP contribution in [0, 0.1) is 10.1 Å². The first-order chi connectivity index (χ1) is 9.32. The maximum atomic E-state index is 11.3. The minimum Gasteiger partial charge on any atom is -0.483 e. The molecule has 2 rings (SSSR count). The molecule has 2 unspecified atom stereocenters. The number of nitro groups is 1. The van der Waals surface area contributed by atoms with Crippen molar-refractivity contribution in [2.45, 2.75) is 30.9 Å². The molecule has 0 aromatic heterocycles. The third-order valence-electron chi connectivity index (χ3n) is 3.41. The van der Waals surface area contributed by atoms with E-state index in [-0.39, 0.29) is 17.9 Å². The first-order valence-electron chi connectivity index (χ1n) is 6.01. The van der Waals surface area contributed by atoms with Gasteiger partial charge in [0.05, 0.1) is 10.5 Å². The molecule has 8 heteroatoms. The van der Waals surface area contributed by atoms with Gasteiger partial charge in [-0.25, -0.2) is 0 Å². The minimum absolute atomic E-state index is 0.0706. The fraction of sp³-hybridized carbons (Fsp3) is 0.417. The highest BCUT2D eigenvalue weighted by Gasteiger charge is 2.42. The van der Waals surface area contributed by atoms with Crippen LogP contribution in [0.5, 0.6) is 5.75 Å². The van der Waals surface area contributed by atoms with Crippen molar-refractivity contribution in [2.24, 2.45) is 11.5 Å². The number of ether oxygens (including phenoxy) is 1. The minimum atomic E-state index is -1.11. The monoisotopic (exact) mass is 299 g/mol. The molecular formula is C12H14ClN3O4. The van der Waals surface area contributed by atoms with Crippen LogP contribution in [0.1, 0.15) is 19.3 Å². The van der Waals surface area contributed by atoms with Gasteiger partial charge in [-0.3, -0.25) is 14.9 Å². The summed E-state index contributed by atoms with van der Waals surface area (Å²) in [4.78, 5) is 21.6. The topological polar surface area (TPSA) is 121 Å². The lowest BCUT2D eigenvalue weighted by atomic mass is 9.99. The summed E-state index contributed by atoms with van der Waals surface area (Å²) < 4.78 is 5.58. The van der Waals surface area contributed by atoms with Crippen molar-refractivity contribution in [3.8, 4) is 5.75 Å². The number of primary amides is 1. The Morgan fingerprint density at radius 1 is 1.55 bits per heavy atom. The molecule has 0 spiro atoms. The van der Waals surface area contributed by atoms with E-state index in [1.165, 1.54) is 18.2 Å². The van der Waals surface area contributed by atoms with Crippen LogP contribution in [0.2, 0.25) is 5.02 Å². The van der Waals surface area contributed by atoms with E-state index in [4.69, 9.17) is 27.8 Å². The van der Waals surface area contributed by atoms with Gasteiger partial charge in [0.15, 0.2) is 5.75 Å². The molecule has 0 saturated heterocycles. The van der Waals surface area contributed by atoms with E-state index in [0.29, 0.717) is 17.9 Å². The molecule has 1 saturated carbocycles. The maximum Gasteiger partial charge on any atom is 0.311 e. The first kappa shape index (κ1) is 14.5. The highest BCUT2D eigenvalue weighted by atomic mass is 35.5. The van der Waals surface area contributed by atoms with Crippen LogP contribution in [0.3, 0.4) is 0 Å². The average molecular weight is 300 g/mol. The van der Waals surface area contributed by atoms with Crippen molar-refractivity contribution in [3.05, 3.63) is 33.3 Å². The van der Waals surface area contributed by atoms with Crippen LogP contribution < -0.4 is 16.2 Å². The van der Waals surface area contributed by atoms with Crippen LogP contribution in [-0.2, 0) is 4.79 Å². The van der Waals surface area contributed by atoms with Gasteiger partial charge < -0.3 is 16.2 Å². The van der Waals surface area contributed by atoms with E-state index < -0.39 is 22.5 Å². The second kappa shape index (κ2) is 5.26. The lowest BCUT2D eigenvalue weighted by molar-refractivity contribution is -0.386. The molecule has 2 atom stereocenters. The van der Waals surface area contributed by atoms with Crippen molar-refractivity contribution >= 4 is 23.2 Å². The van der Waals surface area contributed by atoms with E-state index in [9.17, 15) is 14.9 Å². The summed E-state index contributed by atoms with van der Waals surface area (Å²) >= 11 is 5.81. The Balaban J connectivity index is 2.18. The standard InChI is InChI=1S/C12H14ClN3O4/c13-7-1-2-9(16(18)19)10(5-7)20-8-3-4-12(15,6-8)11(14)17/h1-2,5,8H,3-4,6,15H2,(H2,14,17). The first-order valence-corrected chi connectivity index (χ1v) is 6.39. The van der Waals surface area contributed by atoms with Crippen LogP contribution in [-0.4, -0.2) is 22.5 Å². The normalized spacial score (nSPS) is 25.4.